The molecular weight excluding hydrogens is 531 g/mol. The molecule has 0 aliphatic carbocycles. The highest BCUT2D eigenvalue weighted by Crippen LogP contribution is 2.31. The molecule has 6 nitrogen and oxygen atoms in total. The summed E-state index contributed by atoms with van der Waals surface area (Å²) in [4.78, 5) is 14.1. The Morgan fingerprint density at radius 2 is 1.62 bits per heavy atom. The fourth-order valence-corrected chi connectivity index (χ4v) is 5.10. The number of halogens is 3. The van der Waals surface area contributed by atoms with Gasteiger partial charge in [-0.3, -0.25) is 4.79 Å². The molecule has 0 bridgehead atoms. The van der Waals surface area contributed by atoms with E-state index < -0.39 is 26.8 Å². The van der Waals surface area contributed by atoms with Gasteiger partial charge in [0.2, 0.25) is 5.91 Å². The van der Waals surface area contributed by atoms with Crippen molar-refractivity contribution in [1.82, 2.24) is 4.90 Å². The van der Waals surface area contributed by atoms with E-state index in [1.165, 1.54) is 37.7 Å². The van der Waals surface area contributed by atoms with E-state index in [2.05, 4.69) is 6.92 Å². The number of alkyl halides is 3. The van der Waals surface area contributed by atoms with E-state index in [0.717, 1.165) is 43.9 Å². The van der Waals surface area contributed by atoms with Crippen LogP contribution >= 0.6 is 0 Å². The van der Waals surface area contributed by atoms with Gasteiger partial charge in [-0.25, -0.2) is 0 Å². The highest BCUT2D eigenvalue weighted by atomic mass is 32.2. The van der Waals surface area contributed by atoms with Gasteiger partial charge in [-0.05, 0) is 54.4 Å². The van der Waals surface area contributed by atoms with Gasteiger partial charge >= 0.3 is 16.3 Å². The summed E-state index contributed by atoms with van der Waals surface area (Å²) in [6.07, 6.45) is 4.83. The Kier molecular flexibility index (Phi) is 11.0. The molecule has 1 aromatic heterocycles. The summed E-state index contributed by atoms with van der Waals surface area (Å²) >= 11 is 0. The quantitative estimate of drug-likeness (QED) is 0.139. The predicted molar refractivity (Wildman–Crippen MR) is 141 cm³/mol. The van der Waals surface area contributed by atoms with Crippen molar-refractivity contribution in [2.75, 3.05) is 0 Å². The van der Waals surface area contributed by atoms with E-state index in [-0.39, 0.29) is 24.7 Å². The summed E-state index contributed by atoms with van der Waals surface area (Å²) in [6.45, 7) is 2.59. The lowest BCUT2D eigenvalue weighted by atomic mass is 10.1. The molecule has 0 unspecified atom stereocenters. The number of nitrogens with zero attached hydrogens (tertiary/aromatic N) is 1. The normalized spacial score (nSPS) is 11.9. The molecule has 0 saturated heterocycles. The Balaban J connectivity index is 1.68. The monoisotopic (exact) mass is 565 g/mol. The lowest BCUT2D eigenvalue weighted by molar-refractivity contribution is -0.137. The van der Waals surface area contributed by atoms with Crippen LogP contribution in [0.1, 0.15) is 75.2 Å². The number of benzene rings is 2. The average molecular weight is 566 g/mol. The molecule has 1 amide bonds. The fraction of sp³-hybridized carbons (Fsp3) is 0.414. The maximum Gasteiger partial charge on any atom is 0.416 e. The van der Waals surface area contributed by atoms with Crippen LogP contribution in [0.3, 0.4) is 0 Å². The number of furan rings is 1. The molecule has 0 atom stereocenters. The van der Waals surface area contributed by atoms with Crippen LogP contribution < -0.4 is 4.18 Å². The molecule has 212 valence electrons. The zero-order chi connectivity index (χ0) is 28.3. The highest BCUT2D eigenvalue weighted by molar-refractivity contribution is 7.87. The number of hydrogen-bond donors (Lipinski definition) is 0. The van der Waals surface area contributed by atoms with Crippen molar-refractivity contribution >= 4 is 16.0 Å². The van der Waals surface area contributed by atoms with Crippen LogP contribution in [0.15, 0.2) is 76.2 Å². The van der Waals surface area contributed by atoms with E-state index in [1.807, 2.05) is 0 Å². The average Bonchev–Trinajstić information content (AvgIpc) is 3.40. The molecule has 1 heterocycles. The van der Waals surface area contributed by atoms with Crippen molar-refractivity contribution in [3.05, 3.63) is 83.8 Å². The molecule has 3 aromatic rings. The molecular formula is C29H34F3NO5S. The third kappa shape index (κ3) is 9.76. The lowest BCUT2D eigenvalue weighted by Gasteiger charge is -2.22. The van der Waals surface area contributed by atoms with Gasteiger partial charge < -0.3 is 13.5 Å². The van der Waals surface area contributed by atoms with Crippen molar-refractivity contribution in [3.8, 4) is 5.75 Å². The summed E-state index contributed by atoms with van der Waals surface area (Å²) in [5.41, 5.74) is -0.486. The van der Waals surface area contributed by atoms with Gasteiger partial charge in [-0.15, -0.1) is 0 Å². The summed E-state index contributed by atoms with van der Waals surface area (Å²) in [7, 11) is -4.52. The number of amides is 1. The molecule has 0 fully saturated rings. The van der Waals surface area contributed by atoms with E-state index in [1.54, 1.807) is 29.2 Å². The minimum Gasteiger partial charge on any atom is -0.467 e. The summed E-state index contributed by atoms with van der Waals surface area (Å²) in [6, 6.07) is 13.0. The van der Waals surface area contributed by atoms with Crippen LogP contribution in [0.2, 0.25) is 0 Å². The van der Waals surface area contributed by atoms with Gasteiger partial charge in [0.1, 0.15) is 16.4 Å². The van der Waals surface area contributed by atoms with Gasteiger partial charge in [0, 0.05) is 13.0 Å². The highest BCUT2D eigenvalue weighted by Gasteiger charge is 2.32. The van der Waals surface area contributed by atoms with Crippen LogP contribution in [-0.2, 0) is 34.2 Å². The van der Waals surface area contributed by atoms with Gasteiger partial charge in [-0.2, -0.15) is 21.6 Å². The molecule has 0 aliphatic heterocycles. The zero-order valence-electron chi connectivity index (χ0n) is 22.0. The van der Waals surface area contributed by atoms with Crippen LogP contribution in [0.4, 0.5) is 13.2 Å². The predicted octanol–water partition coefficient (Wildman–Crippen LogP) is 7.74. The second kappa shape index (κ2) is 14.2. The number of unbranched alkanes of at least 4 members (excludes halogenated alkanes) is 6. The summed E-state index contributed by atoms with van der Waals surface area (Å²) < 4.78 is 75.1. The zero-order valence-corrected chi connectivity index (χ0v) is 22.8. The minimum atomic E-state index is -4.69. The first-order valence-corrected chi connectivity index (χ1v) is 14.5. The number of rotatable bonds is 15. The molecule has 0 radical (unpaired) electrons. The van der Waals surface area contributed by atoms with Crippen molar-refractivity contribution in [1.29, 1.82) is 0 Å². The molecule has 3 rings (SSSR count). The molecule has 0 spiro atoms. The molecule has 0 N–H and O–H groups in total. The van der Waals surface area contributed by atoms with Gasteiger partial charge in [-0.1, -0.05) is 63.6 Å². The smallest absolute Gasteiger partial charge is 0.416 e. The second-order valence-corrected chi connectivity index (χ2v) is 11.0. The SMILES string of the molecule is CCCCCCCCCC(=O)N(Cc1cccc(OS(=O)(=O)c2cccc(C(F)(F)F)c2)c1)Cc1ccco1. The van der Waals surface area contributed by atoms with Gasteiger partial charge in [0.05, 0.1) is 18.4 Å². The Labute approximate surface area is 227 Å². The van der Waals surface area contributed by atoms with Crippen molar-refractivity contribution in [3.63, 3.8) is 0 Å². The minimum absolute atomic E-state index is 0.0529. The first kappa shape index (κ1) is 30.3. The first-order valence-electron chi connectivity index (χ1n) is 13.1. The summed E-state index contributed by atoms with van der Waals surface area (Å²) in [5.74, 6) is 0.493. The maximum absolute atomic E-state index is 13.1. The Morgan fingerprint density at radius 1 is 0.897 bits per heavy atom. The number of hydrogen-bond acceptors (Lipinski definition) is 5. The topological polar surface area (TPSA) is 76.8 Å². The number of carbonyl (C=O) groups is 1. The van der Waals surface area contributed by atoms with Gasteiger partial charge in [0.15, 0.2) is 0 Å². The van der Waals surface area contributed by atoms with Crippen molar-refractivity contribution in [2.24, 2.45) is 0 Å². The van der Waals surface area contributed by atoms with E-state index in [9.17, 15) is 26.4 Å². The lowest BCUT2D eigenvalue weighted by Crippen LogP contribution is -2.29. The Bertz CT molecular complexity index is 1290. The van der Waals surface area contributed by atoms with Crippen LogP contribution in [0, 0.1) is 0 Å². The Hall–Kier alpha value is -3.27. The third-order valence-corrected chi connectivity index (χ3v) is 7.44. The van der Waals surface area contributed by atoms with Crippen LogP contribution in [0.25, 0.3) is 0 Å². The first-order chi connectivity index (χ1) is 18.6. The molecule has 10 heteroatoms. The van der Waals surface area contributed by atoms with Crippen LogP contribution in [-0.4, -0.2) is 19.2 Å². The molecule has 2 aromatic carbocycles. The van der Waals surface area contributed by atoms with E-state index in [4.69, 9.17) is 8.60 Å². The standard InChI is InChI=1S/C29H34F3NO5S/c1-2-3-4-5-6-7-8-17-28(34)33(22-26-15-11-18-37-26)21-23-12-9-14-25(19-23)38-39(35,36)27-16-10-13-24(20-27)29(30,31)32/h9-16,18-20H,2-8,17,21-22H2,1H3. The van der Waals surface area contributed by atoms with Gasteiger partial charge in [0.25, 0.3) is 0 Å². The molecule has 0 aliphatic rings. The maximum atomic E-state index is 13.1. The Morgan fingerprint density at radius 3 is 2.31 bits per heavy atom. The number of carbonyl (C=O) groups excluding carboxylic acids is 1. The van der Waals surface area contributed by atoms with E-state index in [0.29, 0.717) is 23.8 Å². The van der Waals surface area contributed by atoms with Crippen molar-refractivity contribution < 1.29 is 35.0 Å². The largest absolute Gasteiger partial charge is 0.467 e. The van der Waals surface area contributed by atoms with Crippen LogP contribution in [0.5, 0.6) is 5.75 Å². The fourth-order valence-electron chi connectivity index (χ4n) is 4.13. The van der Waals surface area contributed by atoms with E-state index >= 15 is 0 Å². The molecule has 0 saturated carbocycles. The second-order valence-electron chi connectivity index (χ2n) is 9.41. The van der Waals surface area contributed by atoms with Crippen molar-refractivity contribution in [2.45, 2.75) is 82.5 Å². The third-order valence-electron chi connectivity index (χ3n) is 6.20. The summed E-state index contributed by atoms with van der Waals surface area (Å²) in [5, 5.41) is 0. The molecule has 39 heavy (non-hydrogen) atoms.